The van der Waals surface area contributed by atoms with E-state index in [0.717, 1.165) is 10.1 Å². The van der Waals surface area contributed by atoms with Gasteiger partial charge in [0.15, 0.2) is 5.69 Å². The molecule has 30 heavy (non-hydrogen) atoms. The van der Waals surface area contributed by atoms with Crippen LogP contribution in [0.4, 0.5) is 5.69 Å². The summed E-state index contributed by atoms with van der Waals surface area (Å²) < 4.78 is 29.5. The van der Waals surface area contributed by atoms with Crippen molar-refractivity contribution < 1.29 is 18.3 Å². The lowest BCUT2D eigenvalue weighted by Crippen LogP contribution is -2.11. The number of fused-ring (bicyclic) bond motifs is 1. The quantitative estimate of drug-likeness (QED) is 0.479. The first-order valence-corrected chi connectivity index (χ1v) is 10.5. The summed E-state index contributed by atoms with van der Waals surface area (Å²) in [5.74, 6) is -0.939. The standard InChI is InChI=1S/C22H17N3O4S/c1-15-12-13-19-18(14-15)20(23-24-30(28,29)17-10-6-3-7-11-17)22(27)25(19)21(26)16-8-4-2-5-9-16/h2-14,27H,1H3. The first-order chi connectivity index (χ1) is 14.4. The van der Waals surface area contributed by atoms with Crippen molar-refractivity contribution in [3.63, 3.8) is 0 Å². The first kappa shape index (κ1) is 19.5. The second kappa shape index (κ2) is 7.57. The molecular formula is C22H17N3O4S. The van der Waals surface area contributed by atoms with Crippen molar-refractivity contribution in [2.24, 2.45) is 9.63 Å². The molecule has 0 aliphatic heterocycles. The Morgan fingerprint density at radius 3 is 2.23 bits per heavy atom. The fourth-order valence-corrected chi connectivity index (χ4v) is 3.91. The molecule has 0 bridgehead atoms. The number of sulfonamides is 1. The summed E-state index contributed by atoms with van der Waals surface area (Å²) in [6, 6.07) is 21.3. The molecule has 8 heteroatoms. The highest BCUT2D eigenvalue weighted by atomic mass is 32.2. The van der Waals surface area contributed by atoms with Crippen molar-refractivity contribution in [3.8, 4) is 5.88 Å². The summed E-state index contributed by atoms with van der Waals surface area (Å²) >= 11 is 0. The zero-order valence-electron chi connectivity index (χ0n) is 15.9. The molecule has 1 aromatic heterocycles. The zero-order valence-corrected chi connectivity index (χ0v) is 16.7. The summed E-state index contributed by atoms with van der Waals surface area (Å²) in [6.45, 7) is 1.84. The van der Waals surface area contributed by atoms with Crippen LogP contribution in [-0.4, -0.2) is 24.0 Å². The second-order valence-electron chi connectivity index (χ2n) is 6.67. The van der Waals surface area contributed by atoms with Crippen LogP contribution < -0.4 is 0 Å². The molecule has 0 radical (unpaired) electrons. The molecule has 0 saturated carbocycles. The van der Waals surface area contributed by atoms with Crippen LogP contribution >= 0.6 is 0 Å². The van der Waals surface area contributed by atoms with Gasteiger partial charge in [-0.1, -0.05) is 52.5 Å². The predicted molar refractivity (Wildman–Crippen MR) is 113 cm³/mol. The maximum Gasteiger partial charge on any atom is 0.299 e. The molecule has 7 nitrogen and oxygen atoms in total. The fraction of sp³-hybridized carbons (Fsp3) is 0.0455. The molecule has 1 N–H and O–H groups in total. The van der Waals surface area contributed by atoms with Gasteiger partial charge in [0, 0.05) is 10.9 Å². The van der Waals surface area contributed by atoms with Gasteiger partial charge in [-0.15, -0.1) is 5.11 Å². The topological polar surface area (TPSA) is 101 Å². The van der Waals surface area contributed by atoms with Gasteiger partial charge in [-0.2, -0.15) is 8.42 Å². The van der Waals surface area contributed by atoms with Crippen LogP contribution in [-0.2, 0) is 10.0 Å². The van der Waals surface area contributed by atoms with Gasteiger partial charge >= 0.3 is 0 Å². The van der Waals surface area contributed by atoms with E-state index in [2.05, 4.69) is 9.63 Å². The van der Waals surface area contributed by atoms with E-state index in [9.17, 15) is 18.3 Å². The normalized spacial score (nSPS) is 11.9. The smallest absolute Gasteiger partial charge is 0.299 e. The van der Waals surface area contributed by atoms with Crippen LogP contribution in [0.2, 0.25) is 0 Å². The molecule has 0 aliphatic rings. The van der Waals surface area contributed by atoms with Crippen molar-refractivity contribution in [2.75, 3.05) is 0 Å². The Kier molecular flexibility index (Phi) is 4.93. The number of aromatic hydroxyl groups is 1. The third kappa shape index (κ3) is 3.48. The SMILES string of the molecule is Cc1ccc2c(c1)c(N=NS(=O)(=O)c1ccccc1)c(O)n2C(=O)c1ccccc1. The number of nitrogens with zero attached hydrogens (tertiary/aromatic N) is 3. The van der Waals surface area contributed by atoms with Crippen LogP contribution in [0.15, 0.2) is 93.4 Å². The van der Waals surface area contributed by atoms with Crippen LogP contribution in [0.3, 0.4) is 0 Å². The molecule has 4 rings (SSSR count). The molecule has 0 amide bonds. The summed E-state index contributed by atoms with van der Waals surface area (Å²) in [5.41, 5.74) is 1.54. The molecule has 0 unspecified atom stereocenters. The van der Waals surface area contributed by atoms with Gasteiger partial charge in [0.25, 0.3) is 15.9 Å². The number of benzene rings is 3. The van der Waals surface area contributed by atoms with Gasteiger partial charge in [0.05, 0.1) is 10.4 Å². The Morgan fingerprint density at radius 2 is 1.57 bits per heavy atom. The molecule has 0 aliphatic carbocycles. The number of aromatic nitrogens is 1. The molecule has 0 fully saturated rings. The third-order valence-corrected chi connectivity index (χ3v) is 5.75. The summed E-state index contributed by atoms with van der Waals surface area (Å²) in [6.07, 6.45) is 0. The van der Waals surface area contributed by atoms with Crippen LogP contribution in [0.1, 0.15) is 15.9 Å². The Balaban J connectivity index is 1.88. The highest BCUT2D eigenvalue weighted by molar-refractivity contribution is 7.90. The molecular weight excluding hydrogens is 402 g/mol. The minimum atomic E-state index is -4.06. The first-order valence-electron chi connectivity index (χ1n) is 9.05. The average molecular weight is 419 g/mol. The van der Waals surface area contributed by atoms with Crippen molar-refractivity contribution in [2.45, 2.75) is 11.8 Å². The molecule has 0 saturated heterocycles. The summed E-state index contributed by atoms with van der Waals surface area (Å²) in [5, 5.41) is 15.1. The van der Waals surface area contributed by atoms with E-state index in [4.69, 9.17) is 0 Å². The highest BCUT2D eigenvalue weighted by Gasteiger charge is 2.23. The molecule has 4 aromatic rings. The Bertz CT molecular complexity index is 1380. The Labute approximate surface area is 173 Å². The minimum Gasteiger partial charge on any atom is -0.493 e. The molecule has 3 aromatic carbocycles. The number of carbonyl (C=O) groups is 1. The average Bonchev–Trinajstić information content (AvgIpc) is 3.03. The van der Waals surface area contributed by atoms with Crippen molar-refractivity contribution in [1.29, 1.82) is 0 Å². The summed E-state index contributed by atoms with van der Waals surface area (Å²) in [7, 11) is -4.06. The zero-order chi connectivity index (χ0) is 21.3. The van der Waals surface area contributed by atoms with Gasteiger partial charge in [-0.25, -0.2) is 4.57 Å². The number of hydrogen-bond acceptors (Lipinski definition) is 5. The lowest BCUT2D eigenvalue weighted by molar-refractivity contribution is 0.0957. The van der Waals surface area contributed by atoms with Crippen LogP contribution in [0, 0.1) is 6.92 Å². The number of rotatable bonds is 4. The van der Waals surface area contributed by atoms with E-state index in [1.807, 2.05) is 6.92 Å². The van der Waals surface area contributed by atoms with Crippen LogP contribution in [0.5, 0.6) is 5.88 Å². The maximum absolute atomic E-state index is 13.0. The number of hydrogen-bond donors (Lipinski definition) is 1. The van der Waals surface area contributed by atoms with E-state index in [1.54, 1.807) is 66.7 Å². The van der Waals surface area contributed by atoms with Crippen molar-refractivity contribution in [3.05, 3.63) is 90.0 Å². The van der Waals surface area contributed by atoms with E-state index >= 15 is 0 Å². The van der Waals surface area contributed by atoms with E-state index in [-0.39, 0.29) is 10.6 Å². The monoisotopic (exact) mass is 419 g/mol. The molecule has 1 heterocycles. The lowest BCUT2D eigenvalue weighted by Gasteiger charge is -2.05. The molecule has 0 atom stereocenters. The molecule has 150 valence electrons. The van der Waals surface area contributed by atoms with Gasteiger partial charge in [-0.05, 0) is 43.3 Å². The molecule has 0 spiro atoms. The summed E-state index contributed by atoms with van der Waals surface area (Å²) in [4.78, 5) is 13.0. The van der Waals surface area contributed by atoms with E-state index in [0.29, 0.717) is 16.5 Å². The van der Waals surface area contributed by atoms with Crippen molar-refractivity contribution in [1.82, 2.24) is 4.57 Å². The van der Waals surface area contributed by atoms with Gasteiger partial charge in [0.1, 0.15) is 0 Å². The Morgan fingerprint density at radius 1 is 0.933 bits per heavy atom. The predicted octanol–water partition coefficient (Wildman–Crippen LogP) is 4.82. The second-order valence-corrected chi connectivity index (χ2v) is 8.25. The third-order valence-electron chi connectivity index (χ3n) is 4.58. The minimum absolute atomic E-state index is 0.0199. The maximum atomic E-state index is 13.0. The van der Waals surface area contributed by atoms with E-state index < -0.39 is 21.8 Å². The lowest BCUT2D eigenvalue weighted by atomic mass is 10.1. The van der Waals surface area contributed by atoms with Gasteiger partial charge < -0.3 is 5.11 Å². The number of carbonyl (C=O) groups excluding carboxylic acids is 1. The van der Waals surface area contributed by atoms with Crippen molar-refractivity contribution >= 4 is 32.5 Å². The van der Waals surface area contributed by atoms with Crippen LogP contribution in [0.25, 0.3) is 10.9 Å². The largest absolute Gasteiger partial charge is 0.493 e. The fourth-order valence-electron chi connectivity index (χ4n) is 3.12. The Hall–Kier alpha value is -3.78. The van der Waals surface area contributed by atoms with Gasteiger partial charge in [-0.3, -0.25) is 4.79 Å². The number of aryl methyl sites for hydroxylation is 1. The highest BCUT2D eigenvalue weighted by Crippen LogP contribution is 2.40. The van der Waals surface area contributed by atoms with E-state index in [1.165, 1.54) is 12.1 Å². The van der Waals surface area contributed by atoms with Gasteiger partial charge in [0.2, 0.25) is 5.88 Å².